The van der Waals surface area contributed by atoms with E-state index in [2.05, 4.69) is 25.3 Å². The number of nitrogens with zero attached hydrogens (tertiary/aromatic N) is 8. The fraction of sp³-hybridized carbons (Fsp3) is 0.333. The number of anilines is 1. The van der Waals surface area contributed by atoms with Gasteiger partial charge in [-0.15, -0.1) is 5.10 Å². The predicted octanol–water partition coefficient (Wildman–Crippen LogP) is 4.73. The Hall–Kier alpha value is -5.66. The number of methoxy groups -OCH3 is 1. The number of H-pyrrole nitrogens is 1. The number of carbonyl (C=O) groups excluding carboxylic acids is 2. The number of carbonyl (C=O) groups is 2. The van der Waals surface area contributed by atoms with Gasteiger partial charge in [0.1, 0.15) is 11.5 Å². The first-order chi connectivity index (χ1) is 24.3. The molecule has 4 aromatic heterocycles. The van der Waals surface area contributed by atoms with Crippen LogP contribution in [-0.2, 0) is 17.8 Å². The second-order valence-electron chi connectivity index (χ2n) is 12.4. The molecule has 1 fully saturated rings. The molecule has 0 radical (unpaired) electrons. The maximum absolute atomic E-state index is 16.7. The third kappa shape index (κ3) is 6.40. The van der Waals surface area contributed by atoms with Crippen LogP contribution >= 0.6 is 0 Å². The second-order valence-corrected chi connectivity index (χ2v) is 12.4. The first-order valence-electron chi connectivity index (χ1n) is 16.7. The van der Waals surface area contributed by atoms with Crippen molar-refractivity contribution in [3.05, 3.63) is 89.8 Å². The van der Waals surface area contributed by atoms with Gasteiger partial charge in [-0.05, 0) is 53.3 Å². The molecule has 2 amide bonds. The molecule has 0 aliphatic carbocycles. The molecule has 12 nitrogen and oxygen atoms in total. The summed E-state index contributed by atoms with van der Waals surface area (Å²) in [7, 11) is 1.46. The lowest BCUT2D eigenvalue weighted by molar-refractivity contribution is -0.131. The number of piperazine rings is 1. The van der Waals surface area contributed by atoms with Crippen LogP contribution in [0, 0.1) is 11.6 Å². The Bertz CT molecular complexity index is 2070. The number of halogens is 2. The summed E-state index contributed by atoms with van der Waals surface area (Å²) in [6, 6.07) is 6.77. The molecule has 0 bridgehead atoms. The van der Waals surface area contributed by atoms with Gasteiger partial charge >= 0.3 is 0 Å². The average molecular weight is 682 g/mol. The first kappa shape index (κ1) is 32.9. The zero-order valence-corrected chi connectivity index (χ0v) is 27.9. The molecule has 0 spiro atoms. The summed E-state index contributed by atoms with van der Waals surface area (Å²) in [4.78, 5) is 44.1. The lowest BCUT2D eigenvalue weighted by atomic mass is 9.91. The normalized spacial score (nSPS) is 15.0. The molecule has 50 heavy (non-hydrogen) atoms. The van der Waals surface area contributed by atoms with E-state index in [1.807, 2.05) is 36.2 Å². The number of ether oxygens (including phenoxy) is 1. The smallest absolute Gasteiger partial charge is 0.270 e. The lowest BCUT2D eigenvalue weighted by Gasteiger charge is -2.35. The fourth-order valence-corrected chi connectivity index (χ4v) is 6.77. The maximum Gasteiger partial charge on any atom is 0.270 e. The standard InChI is InChI=1S/C36H37F2N9O3/c1-3-23-20-39-8-6-26(23)28-18-27(24-5-4-10-46(22-24)32(48)7-11-47-12-9-41-43-47)33(38)34-29(28)19-30(42-34)36(49)45-15-13-44(14-16-45)35-31(50-2)17-25(37)21-40-35/h5-6,8-9,12,17-21,42H,3-4,7,10-11,13-16,22H2,1-2H3. The average Bonchev–Trinajstić information content (AvgIpc) is 3.85. The summed E-state index contributed by atoms with van der Waals surface area (Å²) in [6.07, 6.45) is 11.5. The highest BCUT2D eigenvalue weighted by Gasteiger charge is 2.29. The number of hydrogen-bond acceptors (Lipinski definition) is 8. The van der Waals surface area contributed by atoms with Crippen LogP contribution in [0.4, 0.5) is 14.6 Å². The van der Waals surface area contributed by atoms with Crippen molar-refractivity contribution < 1.29 is 23.1 Å². The molecular weight excluding hydrogens is 644 g/mol. The Morgan fingerprint density at radius 3 is 2.58 bits per heavy atom. The molecule has 2 aliphatic heterocycles. The number of aromatic amines is 1. The Morgan fingerprint density at radius 1 is 0.980 bits per heavy atom. The number of aromatic nitrogens is 6. The van der Waals surface area contributed by atoms with E-state index in [-0.39, 0.29) is 36.0 Å². The number of hydrogen-bond donors (Lipinski definition) is 1. The van der Waals surface area contributed by atoms with Gasteiger partial charge in [0.05, 0.1) is 31.6 Å². The molecular formula is C36H37F2N9O3. The number of amides is 2. The molecule has 5 aromatic rings. The SMILES string of the molecule is CCc1cnccc1-c1cc(C2=CCCN(C(=O)CCn3ccnn3)C2)c(F)c2[nH]c(C(=O)N3CCN(c4ncc(F)cc4OC)CC3)cc12. The Kier molecular flexibility index (Phi) is 9.24. The molecule has 1 aromatic carbocycles. The monoisotopic (exact) mass is 681 g/mol. The van der Waals surface area contributed by atoms with E-state index in [0.717, 1.165) is 22.9 Å². The van der Waals surface area contributed by atoms with E-state index in [4.69, 9.17) is 4.74 Å². The van der Waals surface area contributed by atoms with Crippen LogP contribution in [0.25, 0.3) is 27.6 Å². The minimum absolute atomic E-state index is 0.0447. The summed E-state index contributed by atoms with van der Waals surface area (Å²) in [6.45, 7) is 4.94. The highest BCUT2D eigenvalue weighted by atomic mass is 19.1. The third-order valence-corrected chi connectivity index (χ3v) is 9.42. The van der Waals surface area contributed by atoms with Crippen LogP contribution in [0.15, 0.2) is 61.3 Å². The van der Waals surface area contributed by atoms with E-state index < -0.39 is 11.6 Å². The largest absolute Gasteiger partial charge is 0.493 e. The van der Waals surface area contributed by atoms with Crippen molar-refractivity contribution in [1.82, 2.24) is 39.7 Å². The zero-order valence-electron chi connectivity index (χ0n) is 27.9. The molecule has 14 heteroatoms. The number of benzene rings is 1. The van der Waals surface area contributed by atoms with Crippen molar-refractivity contribution in [2.45, 2.75) is 32.7 Å². The Balaban J connectivity index is 1.18. The molecule has 1 saturated heterocycles. The Morgan fingerprint density at radius 2 is 1.82 bits per heavy atom. The van der Waals surface area contributed by atoms with Crippen molar-refractivity contribution in [2.24, 2.45) is 0 Å². The van der Waals surface area contributed by atoms with Crippen molar-refractivity contribution in [2.75, 3.05) is 51.3 Å². The van der Waals surface area contributed by atoms with E-state index in [1.165, 1.54) is 13.2 Å². The minimum atomic E-state index is -0.490. The number of rotatable bonds is 9. The number of fused-ring (bicyclic) bond motifs is 1. The fourth-order valence-electron chi connectivity index (χ4n) is 6.77. The van der Waals surface area contributed by atoms with Crippen molar-refractivity contribution in [3.8, 4) is 16.9 Å². The van der Waals surface area contributed by atoms with Crippen LogP contribution in [0.5, 0.6) is 5.75 Å². The predicted molar refractivity (Wildman–Crippen MR) is 184 cm³/mol. The summed E-state index contributed by atoms with van der Waals surface area (Å²) >= 11 is 0. The molecule has 2 aliphatic rings. The molecule has 0 unspecified atom stereocenters. The van der Waals surface area contributed by atoms with Crippen molar-refractivity contribution in [1.29, 1.82) is 0 Å². The van der Waals surface area contributed by atoms with Crippen LogP contribution in [0.2, 0.25) is 0 Å². The molecule has 0 saturated carbocycles. The number of pyridine rings is 2. The topological polar surface area (TPSA) is 125 Å². The van der Waals surface area contributed by atoms with Crippen LogP contribution < -0.4 is 9.64 Å². The van der Waals surface area contributed by atoms with E-state index in [9.17, 15) is 14.0 Å². The van der Waals surface area contributed by atoms with Gasteiger partial charge < -0.3 is 24.4 Å². The van der Waals surface area contributed by atoms with Crippen LogP contribution in [-0.4, -0.2) is 97.9 Å². The summed E-state index contributed by atoms with van der Waals surface area (Å²) < 4.78 is 37.3. The van der Waals surface area contributed by atoms with E-state index in [0.29, 0.717) is 80.2 Å². The number of nitrogens with one attached hydrogen (secondary N) is 1. The van der Waals surface area contributed by atoms with Gasteiger partial charge in [0.15, 0.2) is 17.4 Å². The lowest BCUT2D eigenvalue weighted by Crippen LogP contribution is -2.49. The van der Waals surface area contributed by atoms with Gasteiger partial charge in [-0.3, -0.25) is 19.3 Å². The number of aryl methyl sites for hydroxylation is 2. The van der Waals surface area contributed by atoms with Crippen LogP contribution in [0.3, 0.4) is 0 Å². The highest BCUT2D eigenvalue weighted by molar-refractivity contribution is 6.05. The summed E-state index contributed by atoms with van der Waals surface area (Å²) in [5.41, 5.74) is 4.27. The zero-order chi connectivity index (χ0) is 34.8. The van der Waals surface area contributed by atoms with E-state index in [1.54, 1.807) is 39.1 Å². The minimum Gasteiger partial charge on any atom is -0.493 e. The quantitative estimate of drug-likeness (QED) is 0.237. The molecule has 1 N–H and O–H groups in total. The van der Waals surface area contributed by atoms with Crippen molar-refractivity contribution in [3.63, 3.8) is 0 Å². The molecule has 0 atom stereocenters. The molecule has 258 valence electrons. The van der Waals surface area contributed by atoms with Gasteiger partial charge in [0.25, 0.3) is 5.91 Å². The van der Waals surface area contributed by atoms with Gasteiger partial charge in [-0.1, -0.05) is 18.2 Å². The molecule has 6 heterocycles. The third-order valence-electron chi connectivity index (χ3n) is 9.42. The highest BCUT2D eigenvalue weighted by Crippen LogP contribution is 2.38. The summed E-state index contributed by atoms with van der Waals surface area (Å²) in [5, 5.41) is 8.32. The first-order valence-corrected chi connectivity index (χ1v) is 16.7. The van der Waals surface area contributed by atoms with Crippen molar-refractivity contribution >= 4 is 34.1 Å². The molecule has 7 rings (SSSR count). The van der Waals surface area contributed by atoms with E-state index >= 15 is 4.39 Å². The van der Waals surface area contributed by atoms with Gasteiger partial charge in [0.2, 0.25) is 5.91 Å². The van der Waals surface area contributed by atoms with Gasteiger partial charge in [-0.2, -0.15) is 0 Å². The van der Waals surface area contributed by atoms with Gasteiger partial charge in [0, 0.05) is 81.3 Å². The maximum atomic E-state index is 16.7. The summed E-state index contributed by atoms with van der Waals surface area (Å²) in [5.74, 6) is -0.417. The second kappa shape index (κ2) is 14.1. The van der Waals surface area contributed by atoms with Crippen LogP contribution in [0.1, 0.15) is 41.4 Å². The Labute approximate surface area is 287 Å². The van der Waals surface area contributed by atoms with Gasteiger partial charge in [-0.25, -0.2) is 13.8 Å².